The van der Waals surface area contributed by atoms with Crippen LogP contribution in [0, 0.1) is 20.8 Å². The van der Waals surface area contributed by atoms with E-state index in [1.54, 1.807) is 17.9 Å². The van der Waals surface area contributed by atoms with E-state index in [4.69, 9.17) is 4.74 Å². The van der Waals surface area contributed by atoms with Crippen LogP contribution in [0.4, 0.5) is 0 Å². The van der Waals surface area contributed by atoms with Gasteiger partial charge in [0.15, 0.2) is 5.69 Å². The predicted octanol–water partition coefficient (Wildman–Crippen LogP) is 4.17. The van der Waals surface area contributed by atoms with Gasteiger partial charge in [-0.25, -0.2) is 9.48 Å². The van der Waals surface area contributed by atoms with Crippen LogP contribution in [0.2, 0.25) is 0 Å². The Morgan fingerprint density at radius 2 is 1.68 bits per heavy atom. The van der Waals surface area contributed by atoms with Crippen molar-refractivity contribution in [1.29, 1.82) is 0 Å². The number of aromatic carboxylic acids is 1. The Balaban J connectivity index is 2.30. The molecule has 128 valence electrons. The minimum Gasteiger partial charge on any atom is -0.496 e. The number of carbonyl (C=O) groups is 1. The standard InChI is InChI=1S/C20H20N2O3/c1-12-5-6-19(25-4)16(10-12)18-11-17(20(23)24)21-22(18)15-8-13(2)7-14(3)9-15/h5-11H,1-4H3,(H,23,24). The first-order valence-electron chi connectivity index (χ1n) is 7.96. The van der Waals surface area contributed by atoms with Gasteiger partial charge in [-0.3, -0.25) is 0 Å². The van der Waals surface area contributed by atoms with Crippen LogP contribution in [-0.4, -0.2) is 28.0 Å². The van der Waals surface area contributed by atoms with Crippen LogP contribution < -0.4 is 4.74 Å². The fourth-order valence-corrected chi connectivity index (χ4v) is 2.97. The van der Waals surface area contributed by atoms with Gasteiger partial charge < -0.3 is 9.84 Å². The second-order valence-corrected chi connectivity index (χ2v) is 6.18. The Labute approximate surface area is 146 Å². The van der Waals surface area contributed by atoms with Gasteiger partial charge in [-0.2, -0.15) is 5.10 Å². The molecule has 0 atom stereocenters. The molecular formula is C20H20N2O3. The zero-order valence-corrected chi connectivity index (χ0v) is 14.7. The number of hydrogen-bond acceptors (Lipinski definition) is 3. The average Bonchev–Trinajstić information content (AvgIpc) is 2.99. The molecule has 5 nitrogen and oxygen atoms in total. The minimum atomic E-state index is -1.06. The quantitative estimate of drug-likeness (QED) is 0.776. The molecule has 0 aliphatic carbocycles. The molecule has 0 radical (unpaired) electrons. The molecule has 0 bridgehead atoms. The number of nitrogens with zero attached hydrogens (tertiary/aromatic N) is 2. The first-order valence-corrected chi connectivity index (χ1v) is 7.96. The highest BCUT2D eigenvalue weighted by atomic mass is 16.5. The van der Waals surface area contributed by atoms with Crippen LogP contribution in [0.1, 0.15) is 27.2 Å². The summed E-state index contributed by atoms with van der Waals surface area (Å²) in [6, 6.07) is 13.4. The predicted molar refractivity (Wildman–Crippen MR) is 96.7 cm³/mol. The molecule has 0 saturated heterocycles. The number of aromatic nitrogens is 2. The van der Waals surface area contributed by atoms with Crippen molar-refractivity contribution in [3.63, 3.8) is 0 Å². The van der Waals surface area contributed by atoms with Gasteiger partial charge in [0.05, 0.1) is 18.5 Å². The van der Waals surface area contributed by atoms with E-state index in [-0.39, 0.29) is 5.69 Å². The van der Waals surface area contributed by atoms with Crippen LogP contribution in [0.15, 0.2) is 42.5 Å². The van der Waals surface area contributed by atoms with E-state index in [0.717, 1.165) is 27.9 Å². The summed E-state index contributed by atoms with van der Waals surface area (Å²) in [5.41, 5.74) is 5.54. The molecule has 0 aliphatic rings. The van der Waals surface area contributed by atoms with Gasteiger partial charge in [-0.05, 0) is 62.2 Å². The second-order valence-electron chi connectivity index (χ2n) is 6.18. The lowest BCUT2D eigenvalue weighted by atomic mass is 10.1. The maximum Gasteiger partial charge on any atom is 0.356 e. The zero-order chi connectivity index (χ0) is 18.1. The molecule has 0 fully saturated rings. The normalized spacial score (nSPS) is 10.7. The molecule has 2 aromatic carbocycles. The van der Waals surface area contributed by atoms with E-state index in [1.165, 1.54) is 0 Å². The number of rotatable bonds is 4. The fourth-order valence-electron chi connectivity index (χ4n) is 2.97. The number of carboxylic acid groups (broad SMARTS) is 1. The smallest absolute Gasteiger partial charge is 0.356 e. The summed E-state index contributed by atoms with van der Waals surface area (Å²) >= 11 is 0. The molecule has 1 heterocycles. The van der Waals surface area contributed by atoms with Crippen molar-refractivity contribution in [2.75, 3.05) is 7.11 Å². The number of ether oxygens (including phenoxy) is 1. The van der Waals surface area contributed by atoms with Gasteiger partial charge >= 0.3 is 5.97 Å². The van der Waals surface area contributed by atoms with Gasteiger partial charge in [-0.1, -0.05) is 17.7 Å². The van der Waals surface area contributed by atoms with Crippen molar-refractivity contribution in [2.45, 2.75) is 20.8 Å². The molecule has 25 heavy (non-hydrogen) atoms. The first-order chi connectivity index (χ1) is 11.9. The van der Waals surface area contributed by atoms with Crippen LogP contribution in [-0.2, 0) is 0 Å². The lowest BCUT2D eigenvalue weighted by Gasteiger charge is -2.13. The van der Waals surface area contributed by atoms with Crippen LogP contribution in [0.3, 0.4) is 0 Å². The summed E-state index contributed by atoms with van der Waals surface area (Å²) < 4.78 is 7.14. The molecular weight excluding hydrogens is 316 g/mol. The van der Waals surface area contributed by atoms with Crippen molar-refractivity contribution in [1.82, 2.24) is 9.78 Å². The third-order valence-electron chi connectivity index (χ3n) is 4.01. The van der Waals surface area contributed by atoms with E-state index >= 15 is 0 Å². The second kappa shape index (κ2) is 6.43. The molecule has 0 spiro atoms. The van der Waals surface area contributed by atoms with E-state index in [2.05, 4.69) is 11.2 Å². The number of aryl methyl sites for hydroxylation is 3. The number of methoxy groups -OCH3 is 1. The van der Waals surface area contributed by atoms with Crippen LogP contribution in [0.5, 0.6) is 5.75 Å². The highest BCUT2D eigenvalue weighted by molar-refractivity contribution is 5.88. The summed E-state index contributed by atoms with van der Waals surface area (Å²) in [5, 5.41) is 13.7. The molecule has 0 aliphatic heterocycles. The molecule has 1 N–H and O–H groups in total. The Hall–Kier alpha value is -3.08. The maximum absolute atomic E-state index is 11.5. The lowest BCUT2D eigenvalue weighted by molar-refractivity contribution is 0.0690. The lowest BCUT2D eigenvalue weighted by Crippen LogP contribution is -2.03. The highest BCUT2D eigenvalue weighted by Crippen LogP contribution is 2.33. The van der Waals surface area contributed by atoms with Crippen LogP contribution in [0.25, 0.3) is 16.9 Å². The molecule has 0 saturated carbocycles. The first kappa shape index (κ1) is 16.8. The number of benzene rings is 2. The Morgan fingerprint density at radius 3 is 2.28 bits per heavy atom. The van der Waals surface area contributed by atoms with Crippen molar-refractivity contribution in [3.05, 3.63) is 64.8 Å². The van der Waals surface area contributed by atoms with Crippen molar-refractivity contribution in [2.24, 2.45) is 0 Å². The Kier molecular flexibility index (Phi) is 4.31. The summed E-state index contributed by atoms with van der Waals surface area (Å²) in [5.74, 6) is -0.385. The molecule has 0 unspecified atom stereocenters. The Bertz CT molecular complexity index is 937. The van der Waals surface area contributed by atoms with Gasteiger partial charge in [0, 0.05) is 5.56 Å². The summed E-state index contributed by atoms with van der Waals surface area (Å²) in [6.45, 7) is 5.99. The van der Waals surface area contributed by atoms with E-state index in [0.29, 0.717) is 11.4 Å². The summed E-state index contributed by atoms with van der Waals surface area (Å²) in [7, 11) is 1.60. The molecule has 3 aromatic rings. The molecule has 0 amide bonds. The molecule has 1 aromatic heterocycles. The van der Waals surface area contributed by atoms with Crippen molar-refractivity contribution >= 4 is 5.97 Å². The van der Waals surface area contributed by atoms with E-state index < -0.39 is 5.97 Å². The zero-order valence-electron chi connectivity index (χ0n) is 14.7. The third-order valence-corrected chi connectivity index (χ3v) is 4.01. The largest absolute Gasteiger partial charge is 0.496 e. The molecule has 3 rings (SSSR count). The summed E-state index contributed by atoms with van der Waals surface area (Å²) in [4.78, 5) is 11.5. The number of carboxylic acids is 1. The van der Waals surface area contributed by atoms with Gasteiger partial charge in [0.2, 0.25) is 0 Å². The van der Waals surface area contributed by atoms with Gasteiger partial charge in [0.25, 0.3) is 0 Å². The van der Waals surface area contributed by atoms with Gasteiger partial charge in [0.1, 0.15) is 5.75 Å². The van der Waals surface area contributed by atoms with E-state index in [1.807, 2.05) is 51.1 Å². The SMILES string of the molecule is COc1ccc(C)cc1-c1cc(C(=O)O)nn1-c1cc(C)cc(C)c1. The Morgan fingerprint density at radius 1 is 1.00 bits per heavy atom. The fraction of sp³-hybridized carbons (Fsp3) is 0.200. The average molecular weight is 336 g/mol. The summed E-state index contributed by atoms with van der Waals surface area (Å²) in [6.07, 6.45) is 0. The highest BCUT2D eigenvalue weighted by Gasteiger charge is 2.19. The van der Waals surface area contributed by atoms with Crippen molar-refractivity contribution < 1.29 is 14.6 Å². The third kappa shape index (κ3) is 3.26. The number of hydrogen-bond donors (Lipinski definition) is 1. The monoisotopic (exact) mass is 336 g/mol. The maximum atomic E-state index is 11.5. The van der Waals surface area contributed by atoms with E-state index in [9.17, 15) is 9.90 Å². The minimum absolute atomic E-state index is 0.00211. The van der Waals surface area contributed by atoms with Gasteiger partial charge in [-0.15, -0.1) is 0 Å². The topological polar surface area (TPSA) is 64.3 Å². The molecule has 5 heteroatoms. The van der Waals surface area contributed by atoms with Crippen LogP contribution >= 0.6 is 0 Å². The van der Waals surface area contributed by atoms with Crippen molar-refractivity contribution in [3.8, 4) is 22.7 Å².